The van der Waals surface area contributed by atoms with Crippen molar-refractivity contribution in [2.75, 3.05) is 0 Å². The molecule has 12 heavy (non-hydrogen) atoms. The second kappa shape index (κ2) is 2.36. The van der Waals surface area contributed by atoms with Gasteiger partial charge in [-0.15, -0.1) is 6.42 Å². The Morgan fingerprint density at radius 1 is 1.67 bits per heavy atom. The van der Waals surface area contributed by atoms with Crippen LogP contribution in [-0.2, 0) is 4.79 Å². The molecule has 2 fully saturated rings. The maximum absolute atomic E-state index is 11.4. The van der Waals surface area contributed by atoms with Crippen molar-refractivity contribution in [3.8, 4) is 12.3 Å². The van der Waals surface area contributed by atoms with Crippen LogP contribution in [0.25, 0.3) is 0 Å². The lowest BCUT2D eigenvalue weighted by Crippen LogP contribution is -2.50. The molecule has 0 saturated heterocycles. The van der Waals surface area contributed by atoms with Crippen LogP contribution in [0.2, 0.25) is 0 Å². The number of rotatable bonds is 0. The number of hydrogen-bond acceptors (Lipinski definition) is 1. The summed E-state index contributed by atoms with van der Waals surface area (Å²) in [6.07, 6.45) is 9.41. The Morgan fingerprint density at radius 2 is 2.42 bits per heavy atom. The monoisotopic (exact) mass is 162 g/mol. The number of terminal acetylenes is 1. The summed E-state index contributed by atoms with van der Waals surface area (Å²) in [5.74, 6) is 4.13. The molecule has 0 spiro atoms. The Labute approximate surface area is 73.5 Å². The van der Waals surface area contributed by atoms with Crippen molar-refractivity contribution in [2.24, 2.45) is 17.3 Å². The predicted octanol–water partition coefficient (Wildman–Crippen LogP) is 2.01. The summed E-state index contributed by atoms with van der Waals surface area (Å²) in [5, 5.41) is 0. The second-order valence-corrected chi connectivity index (χ2v) is 4.34. The largest absolute Gasteiger partial charge is 0.299 e. The maximum Gasteiger partial charge on any atom is 0.136 e. The minimum absolute atomic E-state index is 0.0424. The molecule has 2 aliphatic rings. The molecule has 0 aromatic heterocycles. The van der Waals surface area contributed by atoms with Gasteiger partial charge in [0.2, 0.25) is 0 Å². The summed E-state index contributed by atoms with van der Waals surface area (Å²) in [4.78, 5) is 11.4. The molecule has 1 nitrogen and oxygen atoms in total. The van der Waals surface area contributed by atoms with Crippen LogP contribution in [0.5, 0.6) is 0 Å². The number of Topliss-reactive ketones (excluding diaryl/α,β-unsaturated/α-hetero) is 1. The molecule has 0 radical (unpaired) electrons. The van der Waals surface area contributed by atoms with E-state index in [0.29, 0.717) is 17.6 Å². The molecule has 1 heteroatoms. The predicted molar refractivity (Wildman–Crippen MR) is 47.4 cm³/mol. The fourth-order valence-corrected chi connectivity index (χ4v) is 2.74. The van der Waals surface area contributed by atoms with E-state index in [-0.39, 0.29) is 5.41 Å². The average Bonchev–Trinajstić information content (AvgIpc) is 2.06. The van der Waals surface area contributed by atoms with E-state index in [1.54, 1.807) is 0 Å². The van der Waals surface area contributed by atoms with E-state index < -0.39 is 0 Å². The average molecular weight is 162 g/mol. The highest BCUT2D eigenvalue weighted by Crippen LogP contribution is 2.55. The Hall–Kier alpha value is -0.770. The van der Waals surface area contributed by atoms with Gasteiger partial charge in [0.15, 0.2) is 0 Å². The van der Waals surface area contributed by atoms with Crippen LogP contribution in [0.4, 0.5) is 0 Å². The smallest absolute Gasteiger partial charge is 0.136 e. The van der Waals surface area contributed by atoms with Crippen molar-refractivity contribution in [3.63, 3.8) is 0 Å². The molecule has 2 aliphatic carbocycles. The first-order valence-electron chi connectivity index (χ1n) is 4.68. The van der Waals surface area contributed by atoms with Gasteiger partial charge in [-0.2, -0.15) is 0 Å². The summed E-state index contributed by atoms with van der Waals surface area (Å²) in [7, 11) is 0. The number of carbonyl (C=O) groups excluding carboxylic acids is 1. The third-order valence-corrected chi connectivity index (χ3v) is 3.63. The van der Waals surface area contributed by atoms with E-state index in [1.165, 1.54) is 0 Å². The van der Waals surface area contributed by atoms with Crippen LogP contribution < -0.4 is 0 Å². The molecule has 2 rings (SSSR count). The zero-order valence-electron chi connectivity index (χ0n) is 7.47. The summed E-state index contributed by atoms with van der Waals surface area (Å²) < 4.78 is 0. The minimum Gasteiger partial charge on any atom is -0.299 e. The molecular weight excluding hydrogens is 148 g/mol. The van der Waals surface area contributed by atoms with Gasteiger partial charge in [0.25, 0.3) is 0 Å². The van der Waals surface area contributed by atoms with Crippen LogP contribution in [0.3, 0.4) is 0 Å². The van der Waals surface area contributed by atoms with E-state index in [1.807, 2.05) is 0 Å². The zero-order valence-corrected chi connectivity index (χ0v) is 7.47. The normalized spacial score (nSPS) is 45.8. The van der Waals surface area contributed by atoms with Crippen molar-refractivity contribution >= 4 is 5.78 Å². The van der Waals surface area contributed by atoms with Gasteiger partial charge < -0.3 is 0 Å². The highest BCUT2D eigenvalue weighted by molar-refractivity contribution is 5.83. The fourth-order valence-electron chi connectivity index (χ4n) is 2.74. The second-order valence-electron chi connectivity index (χ2n) is 4.34. The summed E-state index contributed by atoms with van der Waals surface area (Å²) in [5.41, 5.74) is 0.0424. The maximum atomic E-state index is 11.4. The van der Waals surface area contributed by atoms with E-state index in [4.69, 9.17) is 6.42 Å². The SMILES string of the molecule is C#C[C@@]1(C)C[C@@H]2C(=O)CCC[C@H]21. The van der Waals surface area contributed by atoms with Crippen LogP contribution in [0.1, 0.15) is 32.6 Å². The number of carbonyl (C=O) groups is 1. The Kier molecular flexibility index (Phi) is 1.54. The highest BCUT2D eigenvalue weighted by atomic mass is 16.1. The molecule has 0 amide bonds. The quantitative estimate of drug-likeness (QED) is 0.498. The molecule has 3 atom stereocenters. The zero-order chi connectivity index (χ0) is 8.77. The van der Waals surface area contributed by atoms with Crippen molar-refractivity contribution in [3.05, 3.63) is 0 Å². The van der Waals surface area contributed by atoms with Crippen LogP contribution in [0.15, 0.2) is 0 Å². The topological polar surface area (TPSA) is 17.1 Å². The van der Waals surface area contributed by atoms with Crippen molar-refractivity contribution < 1.29 is 4.79 Å². The minimum atomic E-state index is 0.0424. The van der Waals surface area contributed by atoms with Gasteiger partial charge >= 0.3 is 0 Å². The fraction of sp³-hybridized carbons (Fsp3) is 0.727. The van der Waals surface area contributed by atoms with Crippen molar-refractivity contribution in [1.29, 1.82) is 0 Å². The number of hydrogen-bond donors (Lipinski definition) is 0. The molecule has 0 heterocycles. The molecule has 0 aromatic carbocycles. The first-order valence-corrected chi connectivity index (χ1v) is 4.68. The Morgan fingerprint density at radius 3 is 3.08 bits per heavy atom. The van der Waals surface area contributed by atoms with Crippen molar-refractivity contribution in [2.45, 2.75) is 32.6 Å². The van der Waals surface area contributed by atoms with Gasteiger partial charge in [0.1, 0.15) is 5.78 Å². The standard InChI is InChI=1S/C11H14O/c1-3-11(2)7-8-9(11)5-4-6-10(8)12/h1,8-9H,4-7H2,2H3/t8-,9+,11-/m0/s1. The van der Waals surface area contributed by atoms with E-state index in [0.717, 1.165) is 25.7 Å². The molecule has 64 valence electrons. The number of fused-ring (bicyclic) bond motifs is 1. The van der Waals surface area contributed by atoms with E-state index in [9.17, 15) is 4.79 Å². The lowest BCUT2D eigenvalue weighted by atomic mass is 9.50. The summed E-state index contributed by atoms with van der Waals surface area (Å²) in [6, 6.07) is 0. The van der Waals surface area contributed by atoms with Crippen LogP contribution >= 0.6 is 0 Å². The van der Waals surface area contributed by atoms with Crippen molar-refractivity contribution in [1.82, 2.24) is 0 Å². The van der Waals surface area contributed by atoms with E-state index in [2.05, 4.69) is 12.8 Å². The molecule has 0 N–H and O–H groups in total. The lowest BCUT2D eigenvalue weighted by Gasteiger charge is -2.52. The van der Waals surface area contributed by atoms with Gasteiger partial charge in [0, 0.05) is 17.8 Å². The first kappa shape index (κ1) is 7.86. The van der Waals surface area contributed by atoms with Crippen LogP contribution in [0, 0.1) is 29.6 Å². The third kappa shape index (κ3) is 0.843. The van der Waals surface area contributed by atoms with Gasteiger partial charge in [-0.3, -0.25) is 4.79 Å². The Bertz CT molecular complexity index is 261. The molecule has 2 saturated carbocycles. The Balaban J connectivity index is 2.16. The third-order valence-electron chi connectivity index (χ3n) is 3.63. The summed E-state index contributed by atoms with van der Waals surface area (Å²) >= 11 is 0. The first-order chi connectivity index (χ1) is 5.67. The highest BCUT2D eigenvalue weighted by Gasteiger charge is 2.53. The van der Waals surface area contributed by atoms with Gasteiger partial charge in [0.05, 0.1) is 0 Å². The molecular formula is C11H14O. The molecule has 0 bridgehead atoms. The lowest BCUT2D eigenvalue weighted by molar-refractivity contribution is -0.138. The van der Waals surface area contributed by atoms with Gasteiger partial charge in [-0.25, -0.2) is 0 Å². The number of ketones is 1. The van der Waals surface area contributed by atoms with Gasteiger partial charge in [-0.1, -0.05) is 5.92 Å². The molecule has 0 aromatic rings. The molecule has 0 aliphatic heterocycles. The summed E-state index contributed by atoms with van der Waals surface area (Å²) in [6.45, 7) is 2.12. The van der Waals surface area contributed by atoms with Crippen LogP contribution in [-0.4, -0.2) is 5.78 Å². The molecule has 0 unspecified atom stereocenters. The van der Waals surface area contributed by atoms with E-state index >= 15 is 0 Å². The van der Waals surface area contributed by atoms with Gasteiger partial charge in [-0.05, 0) is 32.1 Å².